The molecule has 0 saturated carbocycles. The van der Waals surface area contributed by atoms with Crippen molar-refractivity contribution in [2.45, 2.75) is 25.8 Å². The lowest BCUT2D eigenvalue weighted by Gasteiger charge is -2.20. The molecule has 112 valence electrons. The van der Waals surface area contributed by atoms with E-state index in [4.69, 9.17) is 0 Å². The van der Waals surface area contributed by atoms with Gasteiger partial charge in [0.25, 0.3) is 0 Å². The molecule has 0 fully saturated rings. The molecule has 21 heavy (non-hydrogen) atoms. The van der Waals surface area contributed by atoms with Gasteiger partial charge in [0.05, 0.1) is 6.04 Å². The highest BCUT2D eigenvalue weighted by molar-refractivity contribution is 7.07. The highest BCUT2D eigenvalue weighted by Crippen LogP contribution is 2.17. The van der Waals surface area contributed by atoms with Crippen LogP contribution in [-0.4, -0.2) is 19.6 Å². The number of rotatable bonds is 5. The quantitative estimate of drug-likeness (QED) is 0.651. The van der Waals surface area contributed by atoms with Crippen molar-refractivity contribution in [3.8, 4) is 0 Å². The molecule has 0 spiro atoms. The van der Waals surface area contributed by atoms with Crippen LogP contribution in [0.4, 0.5) is 0 Å². The lowest BCUT2D eigenvalue weighted by Crippen LogP contribution is -2.40. The average molecular weight is 301 g/mol. The van der Waals surface area contributed by atoms with Gasteiger partial charge in [-0.2, -0.15) is 11.3 Å². The fraction of sp³-hybridized carbons (Fsp3) is 0.353. The third kappa shape index (κ3) is 4.60. The number of benzene rings is 1. The van der Waals surface area contributed by atoms with Crippen LogP contribution in [0, 0.1) is 0 Å². The molecular weight excluding hydrogens is 278 g/mol. The molecule has 0 radical (unpaired) electrons. The molecule has 0 amide bonds. The van der Waals surface area contributed by atoms with Crippen LogP contribution in [0.25, 0.3) is 0 Å². The zero-order valence-corrected chi connectivity index (χ0v) is 13.7. The van der Waals surface area contributed by atoms with Crippen LogP contribution in [0.5, 0.6) is 0 Å². The first kappa shape index (κ1) is 15.6. The Labute approximate surface area is 131 Å². The van der Waals surface area contributed by atoms with Crippen molar-refractivity contribution in [2.75, 3.05) is 13.6 Å². The molecule has 1 aromatic heterocycles. The summed E-state index contributed by atoms with van der Waals surface area (Å²) in [5, 5.41) is 11.2. The first-order valence-electron chi connectivity index (χ1n) is 7.25. The van der Waals surface area contributed by atoms with E-state index in [0.717, 1.165) is 12.5 Å². The summed E-state index contributed by atoms with van der Waals surface area (Å²) in [6.07, 6.45) is 0. The van der Waals surface area contributed by atoms with Crippen LogP contribution in [0.15, 0.2) is 52.2 Å². The van der Waals surface area contributed by atoms with Crippen LogP contribution in [0.1, 0.15) is 36.9 Å². The molecule has 1 aromatic carbocycles. The van der Waals surface area contributed by atoms with Crippen LogP contribution in [0.3, 0.4) is 0 Å². The van der Waals surface area contributed by atoms with Crippen LogP contribution >= 0.6 is 11.3 Å². The first-order chi connectivity index (χ1) is 10.2. The van der Waals surface area contributed by atoms with Crippen molar-refractivity contribution in [3.05, 3.63) is 58.3 Å². The molecule has 2 rings (SSSR count). The number of nitrogens with zero attached hydrogens (tertiary/aromatic N) is 1. The van der Waals surface area contributed by atoms with E-state index in [-0.39, 0.29) is 6.04 Å². The van der Waals surface area contributed by atoms with E-state index in [0.29, 0.717) is 5.92 Å². The van der Waals surface area contributed by atoms with E-state index in [1.807, 2.05) is 13.1 Å². The average Bonchev–Trinajstić information content (AvgIpc) is 3.06. The van der Waals surface area contributed by atoms with Gasteiger partial charge in [0.15, 0.2) is 5.96 Å². The second-order valence-corrected chi connectivity index (χ2v) is 5.97. The second-order valence-electron chi connectivity index (χ2n) is 5.19. The Morgan fingerprint density at radius 1 is 1.14 bits per heavy atom. The van der Waals surface area contributed by atoms with Crippen molar-refractivity contribution >= 4 is 17.3 Å². The van der Waals surface area contributed by atoms with Crippen LogP contribution < -0.4 is 10.6 Å². The molecule has 0 bridgehead atoms. The maximum absolute atomic E-state index is 4.30. The van der Waals surface area contributed by atoms with Gasteiger partial charge in [-0.15, -0.1) is 0 Å². The minimum absolute atomic E-state index is 0.230. The van der Waals surface area contributed by atoms with Crippen molar-refractivity contribution in [2.24, 2.45) is 4.99 Å². The summed E-state index contributed by atoms with van der Waals surface area (Å²) in [7, 11) is 1.81. The zero-order chi connectivity index (χ0) is 15.1. The first-order valence-corrected chi connectivity index (χ1v) is 8.19. The predicted molar refractivity (Wildman–Crippen MR) is 92.1 cm³/mol. The summed E-state index contributed by atoms with van der Waals surface area (Å²) < 4.78 is 0. The molecule has 0 aliphatic carbocycles. The molecule has 2 atom stereocenters. The molecule has 0 aliphatic rings. The Hall–Kier alpha value is -1.81. The molecule has 3 nitrogen and oxygen atoms in total. The summed E-state index contributed by atoms with van der Waals surface area (Å²) in [4.78, 5) is 4.30. The predicted octanol–water partition coefficient (Wildman–Crippen LogP) is 3.78. The highest BCUT2D eigenvalue weighted by atomic mass is 32.1. The Morgan fingerprint density at radius 3 is 2.52 bits per heavy atom. The van der Waals surface area contributed by atoms with Crippen molar-refractivity contribution in [3.63, 3.8) is 0 Å². The second kappa shape index (κ2) is 7.84. The van der Waals surface area contributed by atoms with E-state index in [1.54, 1.807) is 11.3 Å². The molecule has 2 N–H and O–H groups in total. The fourth-order valence-corrected chi connectivity index (χ4v) is 2.93. The third-order valence-corrected chi connectivity index (χ3v) is 4.27. The molecule has 1 heterocycles. The van der Waals surface area contributed by atoms with Gasteiger partial charge < -0.3 is 10.6 Å². The van der Waals surface area contributed by atoms with Gasteiger partial charge in [-0.25, -0.2) is 0 Å². The summed E-state index contributed by atoms with van der Waals surface area (Å²) in [5.41, 5.74) is 2.63. The lowest BCUT2D eigenvalue weighted by molar-refractivity contribution is 0.658. The maximum atomic E-state index is 4.30. The number of guanidine groups is 1. The molecule has 2 aromatic rings. The number of aliphatic imine (C=N–C) groups is 1. The Bertz CT molecular complexity index is 549. The van der Waals surface area contributed by atoms with Crippen molar-refractivity contribution < 1.29 is 0 Å². The van der Waals surface area contributed by atoms with E-state index >= 15 is 0 Å². The van der Waals surface area contributed by atoms with Gasteiger partial charge in [-0.05, 0) is 40.8 Å². The van der Waals surface area contributed by atoms with Gasteiger partial charge in [0.1, 0.15) is 0 Å². The summed E-state index contributed by atoms with van der Waals surface area (Å²) >= 11 is 1.74. The Morgan fingerprint density at radius 2 is 1.90 bits per heavy atom. The SMILES string of the molecule is CN=C(NCC(C)c1ccsc1)NC(C)c1ccccc1. The van der Waals surface area contributed by atoms with Crippen LogP contribution in [-0.2, 0) is 0 Å². The van der Waals surface area contributed by atoms with Gasteiger partial charge in [-0.1, -0.05) is 37.3 Å². The zero-order valence-electron chi connectivity index (χ0n) is 12.8. The van der Waals surface area contributed by atoms with E-state index in [2.05, 4.69) is 70.6 Å². The Balaban J connectivity index is 1.86. The third-order valence-electron chi connectivity index (χ3n) is 3.56. The number of nitrogens with one attached hydrogen (secondary N) is 2. The maximum Gasteiger partial charge on any atom is 0.191 e. The summed E-state index contributed by atoms with van der Waals surface area (Å²) in [5.74, 6) is 1.32. The van der Waals surface area contributed by atoms with Crippen molar-refractivity contribution in [1.82, 2.24) is 10.6 Å². The molecule has 2 unspecified atom stereocenters. The smallest absolute Gasteiger partial charge is 0.191 e. The van der Waals surface area contributed by atoms with Crippen LogP contribution in [0.2, 0.25) is 0 Å². The van der Waals surface area contributed by atoms with Gasteiger partial charge in [-0.3, -0.25) is 4.99 Å². The molecular formula is C17H23N3S. The Kier molecular flexibility index (Phi) is 5.81. The number of hydrogen-bond donors (Lipinski definition) is 2. The molecule has 0 aliphatic heterocycles. The summed E-state index contributed by atoms with van der Waals surface area (Å²) in [6.45, 7) is 5.24. The standard InChI is InChI=1S/C17H23N3S/c1-13(16-9-10-21-12-16)11-19-17(18-3)20-14(2)15-7-5-4-6-8-15/h4-10,12-14H,11H2,1-3H3,(H2,18,19,20). The highest BCUT2D eigenvalue weighted by Gasteiger charge is 2.09. The van der Waals surface area contributed by atoms with Gasteiger partial charge >= 0.3 is 0 Å². The minimum atomic E-state index is 0.230. The van der Waals surface area contributed by atoms with E-state index < -0.39 is 0 Å². The van der Waals surface area contributed by atoms with Gasteiger partial charge in [0, 0.05) is 13.6 Å². The minimum Gasteiger partial charge on any atom is -0.356 e. The van der Waals surface area contributed by atoms with E-state index in [1.165, 1.54) is 11.1 Å². The number of thiophene rings is 1. The largest absolute Gasteiger partial charge is 0.356 e. The van der Waals surface area contributed by atoms with Crippen molar-refractivity contribution in [1.29, 1.82) is 0 Å². The lowest BCUT2D eigenvalue weighted by atomic mass is 10.1. The molecule has 4 heteroatoms. The fourth-order valence-electron chi connectivity index (χ4n) is 2.15. The molecule has 0 saturated heterocycles. The normalized spacial score (nSPS) is 14.5. The van der Waals surface area contributed by atoms with Gasteiger partial charge in [0.2, 0.25) is 0 Å². The monoisotopic (exact) mass is 301 g/mol. The number of hydrogen-bond acceptors (Lipinski definition) is 2. The summed E-state index contributed by atoms with van der Waals surface area (Å²) in [6, 6.07) is 12.8. The topological polar surface area (TPSA) is 36.4 Å². The van der Waals surface area contributed by atoms with E-state index in [9.17, 15) is 0 Å².